The van der Waals surface area contributed by atoms with Crippen molar-refractivity contribution in [2.24, 2.45) is 0 Å². The van der Waals surface area contributed by atoms with Gasteiger partial charge in [-0.05, 0) is 0 Å². The number of hydrogen-bond donors (Lipinski definition) is 0. The summed E-state index contributed by atoms with van der Waals surface area (Å²) in [6.07, 6.45) is 0. The second-order valence-corrected chi connectivity index (χ2v) is 2.72. The lowest BCUT2D eigenvalue weighted by Crippen LogP contribution is -2.17. The molecule has 0 N–H and O–H groups in total. The minimum atomic E-state index is -0.863. The summed E-state index contributed by atoms with van der Waals surface area (Å²) in [6, 6.07) is 0. The molecule has 0 aliphatic carbocycles. The molecule has 2 nitrogen and oxygen atoms in total. The number of hydrogen-bond acceptors (Lipinski definition) is 1. The highest BCUT2D eigenvalue weighted by Crippen LogP contribution is 2.12. The van der Waals surface area contributed by atoms with Gasteiger partial charge < -0.3 is 4.90 Å². The van der Waals surface area contributed by atoms with E-state index >= 15 is 0 Å². The van der Waals surface area contributed by atoms with Gasteiger partial charge >= 0.3 is 0 Å². The van der Waals surface area contributed by atoms with E-state index < -0.39 is 4.84 Å². The average molecular weight is 154 g/mol. The van der Waals surface area contributed by atoms with E-state index in [0.29, 0.717) is 0 Å². The monoisotopic (exact) mass is 153 g/mol. The first-order chi connectivity index (χ1) is 3.72. The third-order valence-corrected chi connectivity index (χ3v) is 1.32. The normalized spacial score (nSPS) is 17.1. The molecule has 1 aliphatic heterocycles. The minimum absolute atomic E-state index is 0.173. The largest absolute Gasteiger partial charge is 0.337 e. The van der Waals surface area contributed by atoms with Crippen molar-refractivity contribution in [2.75, 3.05) is 13.1 Å². The van der Waals surface area contributed by atoms with Gasteiger partial charge in [-0.2, -0.15) is 0 Å². The quantitative estimate of drug-likeness (QED) is 0.400. The van der Waals surface area contributed by atoms with E-state index in [4.69, 9.17) is 23.2 Å². The first-order valence-electron chi connectivity index (χ1n) is 2.29. The Labute approximate surface area is 57.4 Å². The van der Waals surface area contributed by atoms with Crippen LogP contribution in [0.4, 0.5) is 0 Å². The van der Waals surface area contributed by atoms with Gasteiger partial charge in [-0.1, -0.05) is 23.2 Å². The number of nitrogens with zero attached hydrogens (tertiary/aromatic N) is 1. The molecule has 0 unspecified atom stereocenters. The van der Waals surface area contributed by atoms with Gasteiger partial charge in [0, 0.05) is 13.1 Å². The Bertz CT molecular complexity index is 107. The summed E-state index contributed by atoms with van der Waals surface area (Å²) in [6.45, 7) is 1.63. The molecule has 8 heavy (non-hydrogen) atoms. The van der Waals surface area contributed by atoms with Crippen LogP contribution >= 0.6 is 23.2 Å². The molecule has 1 aliphatic rings. The number of carbonyl (C=O) groups is 1. The molecule has 1 fully saturated rings. The zero-order chi connectivity index (χ0) is 6.15. The molecule has 0 spiro atoms. The number of rotatable bonds is 1. The second kappa shape index (κ2) is 2.11. The molecular formula is C4H5Cl2NO. The second-order valence-electron chi connectivity index (χ2n) is 1.63. The molecule has 46 valence electrons. The molecule has 0 radical (unpaired) electrons. The van der Waals surface area contributed by atoms with Crippen LogP contribution in [-0.2, 0) is 4.79 Å². The highest BCUT2D eigenvalue weighted by molar-refractivity contribution is 6.53. The van der Waals surface area contributed by atoms with Gasteiger partial charge in [-0.3, -0.25) is 4.79 Å². The van der Waals surface area contributed by atoms with Gasteiger partial charge in [-0.25, -0.2) is 0 Å². The molecule has 4 heteroatoms. The molecular weight excluding hydrogens is 149 g/mol. The highest BCUT2D eigenvalue weighted by Gasteiger charge is 2.28. The van der Waals surface area contributed by atoms with E-state index in [-0.39, 0.29) is 5.91 Å². The Kier molecular flexibility index (Phi) is 1.63. The number of carbonyl (C=O) groups excluding carboxylic acids is 1. The number of amides is 1. The van der Waals surface area contributed by atoms with Crippen LogP contribution in [0.2, 0.25) is 0 Å². The first-order valence-corrected chi connectivity index (χ1v) is 3.16. The first kappa shape index (κ1) is 6.17. The summed E-state index contributed by atoms with van der Waals surface area (Å²) in [5.41, 5.74) is 0. The van der Waals surface area contributed by atoms with Gasteiger partial charge in [0.05, 0.1) is 0 Å². The molecule has 1 amide bonds. The van der Waals surface area contributed by atoms with Crippen LogP contribution in [0.25, 0.3) is 0 Å². The summed E-state index contributed by atoms with van der Waals surface area (Å²) in [4.78, 5) is 11.3. The Morgan fingerprint density at radius 1 is 1.50 bits per heavy atom. The Balaban J connectivity index is 2.33. The molecule has 0 saturated carbocycles. The third-order valence-electron chi connectivity index (χ3n) is 0.946. The summed E-state index contributed by atoms with van der Waals surface area (Å²) >= 11 is 10.5. The number of alkyl halides is 2. The summed E-state index contributed by atoms with van der Waals surface area (Å²) < 4.78 is 0. The SMILES string of the molecule is O=C(C(Cl)Cl)N1CC1. The van der Waals surface area contributed by atoms with Crippen molar-refractivity contribution in [3.8, 4) is 0 Å². The lowest BCUT2D eigenvalue weighted by atomic mass is 10.7. The van der Waals surface area contributed by atoms with Crippen LogP contribution in [-0.4, -0.2) is 28.7 Å². The minimum Gasteiger partial charge on any atom is -0.337 e. The maximum absolute atomic E-state index is 10.6. The molecule has 1 saturated heterocycles. The van der Waals surface area contributed by atoms with E-state index in [1.165, 1.54) is 0 Å². The fraction of sp³-hybridized carbons (Fsp3) is 0.750. The van der Waals surface area contributed by atoms with Crippen LogP contribution in [0, 0.1) is 0 Å². The zero-order valence-electron chi connectivity index (χ0n) is 4.10. The highest BCUT2D eigenvalue weighted by atomic mass is 35.5. The van der Waals surface area contributed by atoms with Crippen molar-refractivity contribution in [3.05, 3.63) is 0 Å². The van der Waals surface area contributed by atoms with E-state index in [1.54, 1.807) is 4.90 Å². The molecule has 0 atom stereocenters. The van der Waals surface area contributed by atoms with Crippen LogP contribution < -0.4 is 0 Å². The summed E-state index contributed by atoms with van der Waals surface area (Å²) in [7, 11) is 0. The lowest BCUT2D eigenvalue weighted by molar-refractivity contribution is -0.123. The van der Waals surface area contributed by atoms with Crippen molar-refractivity contribution in [2.45, 2.75) is 4.84 Å². The van der Waals surface area contributed by atoms with E-state index in [1.807, 2.05) is 0 Å². The Hall–Kier alpha value is 0.0500. The van der Waals surface area contributed by atoms with Gasteiger partial charge in [0.15, 0.2) is 4.84 Å². The van der Waals surface area contributed by atoms with E-state index in [9.17, 15) is 4.79 Å². The van der Waals surface area contributed by atoms with Crippen molar-refractivity contribution in [3.63, 3.8) is 0 Å². The number of halogens is 2. The molecule has 0 aromatic heterocycles. The molecule has 0 bridgehead atoms. The van der Waals surface area contributed by atoms with Crippen molar-refractivity contribution < 1.29 is 4.79 Å². The predicted octanol–water partition coefficient (Wildman–Crippen LogP) is 0.632. The van der Waals surface area contributed by atoms with Gasteiger partial charge in [0.2, 0.25) is 0 Å². The Morgan fingerprint density at radius 3 is 2.12 bits per heavy atom. The topological polar surface area (TPSA) is 20.1 Å². The van der Waals surface area contributed by atoms with Gasteiger partial charge in [-0.15, -0.1) is 0 Å². The van der Waals surface area contributed by atoms with E-state index in [0.717, 1.165) is 13.1 Å². The van der Waals surface area contributed by atoms with Crippen LogP contribution in [0.15, 0.2) is 0 Å². The Morgan fingerprint density at radius 2 is 2.00 bits per heavy atom. The van der Waals surface area contributed by atoms with E-state index in [2.05, 4.69) is 0 Å². The standard InChI is InChI=1S/C4H5Cl2NO/c5-3(6)4(8)7-1-2-7/h3H,1-2H2. The molecule has 0 aromatic carbocycles. The van der Waals surface area contributed by atoms with Crippen LogP contribution in [0.1, 0.15) is 0 Å². The predicted molar refractivity (Wildman–Crippen MR) is 32.1 cm³/mol. The average Bonchev–Trinajstić information content (AvgIpc) is 2.43. The third kappa shape index (κ3) is 1.26. The maximum Gasteiger partial charge on any atom is 0.255 e. The lowest BCUT2D eigenvalue weighted by Gasteiger charge is -1.97. The maximum atomic E-state index is 10.6. The summed E-state index contributed by atoms with van der Waals surface area (Å²) in [5, 5.41) is 0. The van der Waals surface area contributed by atoms with Crippen molar-refractivity contribution in [1.82, 2.24) is 4.90 Å². The summed E-state index contributed by atoms with van der Waals surface area (Å²) in [5.74, 6) is -0.173. The molecule has 1 heterocycles. The van der Waals surface area contributed by atoms with Crippen LogP contribution in [0.5, 0.6) is 0 Å². The zero-order valence-corrected chi connectivity index (χ0v) is 5.61. The van der Waals surface area contributed by atoms with Gasteiger partial charge in [0.1, 0.15) is 0 Å². The fourth-order valence-corrected chi connectivity index (χ4v) is 0.684. The molecule has 0 aromatic rings. The fourth-order valence-electron chi connectivity index (χ4n) is 0.408. The van der Waals surface area contributed by atoms with Crippen molar-refractivity contribution >= 4 is 29.1 Å². The van der Waals surface area contributed by atoms with Crippen molar-refractivity contribution in [1.29, 1.82) is 0 Å². The van der Waals surface area contributed by atoms with Crippen LogP contribution in [0.3, 0.4) is 0 Å². The molecule has 1 rings (SSSR count). The smallest absolute Gasteiger partial charge is 0.255 e. The van der Waals surface area contributed by atoms with Gasteiger partial charge in [0.25, 0.3) is 5.91 Å².